The summed E-state index contributed by atoms with van der Waals surface area (Å²) >= 11 is 0. The zero-order chi connectivity index (χ0) is 22.5. The van der Waals surface area contributed by atoms with Gasteiger partial charge in [-0.1, -0.05) is 0 Å². The van der Waals surface area contributed by atoms with Crippen molar-refractivity contribution in [2.45, 2.75) is 19.1 Å². The third kappa shape index (κ3) is 3.65. The van der Waals surface area contributed by atoms with Crippen LogP contribution in [-0.2, 0) is 6.18 Å². The molecule has 2 N–H and O–H groups in total. The van der Waals surface area contributed by atoms with E-state index in [4.69, 9.17) is 5.11 Å². The number of aromatic hydroxyl groups is 1. The molecule has 0 unspecified atom stereocenters. The highest BCUT2D eigenvalue weighted by Gasteiger charge is 2.32. The Morgan fingerprint density at radius 1 is 1.13 bits per heavy atom. The maximum Gasteiger partial charge on any atom is 0.416 e. The summed E-state index contributed by atoms with van der Waals surface area (Å²) in [4.78, 5) is 19.0. The zero-order valence-electron chi connectivity index (χ0n) is 15.5. The molecule has 0 saturated carbocycles. The number of hydrogen-bond acceptors (Lipinski definition) is 6. The molecule has 0 fully saturated rings. The topological polar surface area (TPSA) is 119 Å². The van der Waals surface area contributed by atoms with Crippen LogP contribution < -0.4 is 0 Å². The van der Waals surface area contributed by atoms with Crippen molar-refractivity contribution < 1.29 is 32.6 Å². The van der Waals surface area contributed by atoms with E-state index in [2.05, 4.69) is 20.2 Å². The minimum absolute atomic E-state index is 0.000293. The van der Waals surface area contributed by atoms with Crippen molar-refractivity contribution in [3.05, 3.63) is 59.3 Å². The number of nitrogens with zero attached hydrogens (tertiary/aromatic N) is 6. The van der Waals surface area contributed by atoms with Crippen LogP contribution in [-0.4, -0.2) is 45.7 Å². The standard InChI is InChI=1S/C18H12F4N6O3/c1-8(9-2-11(18(20,21)22)4-12(19)3-9)28-14-13(6-24-28)25-17(26-15(14)29)27-7-10(5-23-27)16(30)31/h2-8H,1H3,(H,30,31)(H,25,26,29)/t8-/m0/s1. The lowest BCUT2D eigenvalue weighted by molar-refractivity contribution is -0.137. The largest absolute Gasteiger partial charge is 0.492 e. The maximum atomic E-state index is 13.8. The molecule has 0 amide bonds. The Bertz CT molecular complexity index is 1310. The molecular formula is C18H12F4N6O3. The Hall–Kier alpha value is -4.03. The van der Waals surface area contributed by atoms with Crippen LogP contribution in [0.5, 0.6) is 5.88 Å². The second-order valence-corrected chi connectivity index (χ2v) is 6.60. The summed E-state index contributed by atoms with van der Waals surface area (Å²) in [6.45, 7) is 1.47. The van der Waals surface area contributed by atoms with E-state index < -0.39 is 35.4 Å². The molecule has 4 rings (SSSR count). The molecule has 1 aromatic carbocycles. The van der Waals surface area contributed by atoms with E-state index in [1.54, 1.807) is 0 Å². The quantitative estimate of drug-likeness (QED) is 0.472. The first-order valence-corrected chi connectivity index (χ1v) is 8.65. The third-order valence-electron chi connectivity index (χ3n) is 4.55. The molecule has 0 aliphatic heterocycles. The van der Waals surface area contributed by atoms with Crippen LogP contribution >= 0.6 is 0 Å². The van der Waals surface area contributed by atoms with Crippen LogP contribution in [0.1, 0.15) is 34.5 Å². The highest BCUT2D eigenvalue weighted by atomic mass is 19.4. The summed E-state index contributed by atoms with van der Waals surface area (Å²) in [5, 5.41) is 27.2. The molecule has 3 aromatic heterocycles. The third-order valence-corrected chi connectivity index (χ3v) is 4.55. The SMILES string of the molecule is C[C@@H](c1cc(F)cc(C(F)(F)F)c1)n1ncc2nc(-n3cc(C(=O)O)cn3)nc(O)c21. The summed E-state index contributed by atoms with van der Waals surface area (Å²) in [5.41, 5.74) is -1.19. The lowest BCUT2D eigenvalue weighted by Crippen LogP contribution is -2.12. The maximum absolute atomic E-state index is 13.8. The van der Waals surface area contributed by atoms with Crippen molar-refractivity contribution in [1.29, 1.82) is 0 Å². The fraction of sp³-hybridized carbons (Fsp3) is 0.167. The number of fused-ring (bicyclic) bond motifs is 1. The molecule has 1 atom stereocenters. The van der Waals surface area contributed by atoms with Gasteiger partial charge in [-0.2, -0.15) is 28.4 Å². The van der Waals surface area contributed by atoms with Crippen molar-refractivity contribution in [3.63, 3.8) is 0 Å². The van der Waals surface area contributed by atoms with Crippen LogP contribution in [0.4, 0.5) is 17.6 Å². The first-order valence-electron chi connectivity index (χ1n) is 8.65. The minimum atomic E-state index is -4.73. The molecule has 0 aliphatic rings. The number of carboxylic acid groups (broad SMARTS) is 1. The molecule has 4 aromatic rings. The Balaban J connectivity index is 1.77. The van der Waals surface area contributed by atoms with Gasteiger partial charge in [-0.15, -0.1) is 0 Å². The van der Waals surface area contributed by atoms with Gasteiger partial charge in [0.25, 0.3) is 5.95 Å². The number of hydrogen-bond donors (Lipinski definition) is 2. The number of carbonyl (C=O) groups is 1. The second kappa shape index (κ2) is 7.04. The summed E-state index contributed by atoms with van der Waals surface area (Å²) in [6, 6.07) is 1.22. The van der Waals surface area contributed by atoms with Crippen LogP contribution in [0.25, 0.3) is 17.0 Å². The lowest BCUT2D eigenvalue weighted by Gasteiger charge is -2.16. The van der Waals surface area contributed by atoms with E-state index in [9.17, 15) is 27.5 Å². The van der Waals surface area contributed by atoms with E-state index >= 15 is 0 Å². The van der Waals surface area contributed by atoms with Crippen molar-refractivity contribution in [3.8, 4) is 11.8 Å². The van der Waals surface area contributed by atoms with Gasteiger partial charge in [0.15, 0.2) is 0 Å². The van der Waals surface area contributed by atoms with Gasteiger partial charge in [-0.25, -0.2) is 18.9 Å². The Morgan fingerprint density at radius 2 is 1.87 bits per heavy atom. The molecule has 0 spiro atoms. The highest BCUT2D eigenvalue weighted by Crippen LogP contribution is 2.34. The highest BCUT2D eigenvalue weighted by molar-refractivity contribution is 5.87. The zero-order valence-corrected chi connectivity index (χ0v) is 15.5. The lowest BCUT2D eigenvalue weighted by atomic mass is 10.0. The summed E-state index contributed by atoms with van der Waals surface area (Å²) in [5.74, 6) is -2.99. The molecule has 0 aliphatic carbocycles. The number of rotatable bonds is 4. The number of benzene rings is 1. The van der Waals surface area contributed by atoms with Gasteiger partial charge in [0.2, 0.25) is 5.88 Å². The van der Waals surface area contributed by atoms with E-state index in [-0.39, 0.29) is 28.1 Å². The second-order valence-electron chi connectivity index (χ2n) is 6.60. The average Bonchev–Trinajstić information content (AvgIpc) is 3.34. The molecule has 0 saturated heterocycles. The molecular weight excluding hydrogens is 424 g/mol. The van der Waals surface area contributed by atoms with Crippen LogP contribution in [0.15, 0.2) is 36.8 Å². The molecule has 31 heavy (non-hydrogen) atoms. The molecule has 9 nitrogen and oxygen atoms in total. The van der Waals surface area contributed by atoms with Gasteiger partial charge in [0, 0.05) is 6.20 Å². The van der Waals surface area contributed by atoms with Gasteiger partial charge < -0.3 is 10.2 Å². The van der Waals surface area contributed by atoms with E-state index in [0.717, 1.165) is 33.9 Å². The van der Waals surface area contributed by atoms with Gasteiger partial charge in [-0.05, 0) is 30.7 Å². The summed E-state index contributed by atoms with van der Waals surface area (Å²) < 4.78 is 55.1. The number of alkyl halides is 3. The van der Waals surface area contributed by atoms with Crippen molar-refractivity contribution in [2.24, 2.45) is 0 Å². The molecule has 160 valence electrons. The summed E-state index contributed by atoms with van der Waals surface area (Å²) in [7, 11) is 0. The Labute approximate surface area is 170 Å². The van der Waals surface area contributed by atoms with E-state index in [1.807, 2.05) is 0 Å². The van der Waals surface area contributed by atoms with Crippen molar-refractivity contribution in [2.75, 3.05) is 0 Å². The summed E-state index contributed by atoms with van der Waals surface area (Å²) in [6.07, 6.45) is -1.29. The average molecular weight is 436 g/mol. The van der Waals surface area contributed by atoms with E-state index in [0.29, 0.717) is 6.07 Å². The number of carboxylic acids is 1. The molecule has 3 heterocycles. The Morgan fingerprint density at radius 3 is 2.52 bits per heavy atom. The van der Waals surface area contributed by atoms with Crippen molar-refractivity contribution >= 4 is 17.0 Å². The molecule has 13 heteroatoms. The first-order chi connectivity index (χ1) is 14.5. The van der Waals surface area contributed by atoms with Gasteiger partial charge in [-0.3, -0.25) is 4.68 Å². The van der Waals surface area contributed by atoms with Crippen LogP contribution in [0.2, 0.25) is 0 Å². The number of aromatic carboxylic acids is 1. The number of aromatic nitrogens is 6. The Kier molecular flexibility index (Phi) is 4.60. The first kappa shape index (κ1) is 20.3. The fourth-order valence-corrected chi connectivity index (χ4v) is 3.03. The number of halogens is 4. The predicted octanol–water partition coefficient (Wildman–Crippen LogP) is 3.18. The predicted molar refractivity (Wildman–Crippen MR) is 96.3 cm³/mol. The minimum Gasteiger partial charge on any atom is -0.492 e. The smallest absolute Gasteiger partial charge is 0.416 e. The van der Waals surface area contributed by atoms with Gasteiger partial charge in [0.05, 0.1) is 29.6 Å². The monoisotopic (exact) mass is 436 g/mol. The van der Waals surface area contributed by atoms with Crippen LogP contribution in [0.3, 0.4) is 0 Å². The fourth-order valence-electron chi connectivity index (χ4n) is 3.03. The van der Waals surface area contributed by atoms with Gasteiger partial charge >= 0.3 is 12.1 Å². The van der Waals surface area contributed by atoms with Crippen molar-refractivity contribution in [1.82, 2.24) is 29.5 Å². The molecule has 0 bridgehead atoms. The normalized spacial score (nSPS) is 12.9. The molecule has 0 radical (unpaired) electrons. The van der Waals surface area contributed by atoms with Crippen LogP contribution in [0, 0.1) is 5.82 Å². The van der Waals surface area contributed by atoms with Gasteiger partial charge in [0.1, 0.15) is 16.9 Å². The van der Waals surface area contributed by atoms with E-state index in [1.165, 1.54) is 13.1 Å².